The molecule has 0 unspecified atom stereocenters. The van der Waals surface area contributed by atoms with Crippen molar-refractivity contribution in [2.24, 2.45) is 0 Å². The number of carbonyl (C=O) groups is 2. The van der Waals surface area contributed by atoms with Crippen LogP contribution in [0.3, 0.4) is 0 Å². The van der Waals surface area contributed by atoms with Crippen LogP contribution in [0.15, 0.2) is 48.5 Å². The highest BCUT2D eigenvalue weighted by Gasteiger charge is 2.31. The fraction of sp³-hybridized carbons (Fsp3) is 0.481. The summed E-state index contributed by atoms with van der Waals surface area (Å²) in [5.74, 6) is 0.0727. The molecule has 31 heavy (non-hydrogen) atoms. The maximum Gasteiger partial charge on any atom is 0.254 e. The first kappa shape index (κ1) is 23.1. The highest BCUT2D eigenvalue weighted by molar-refractivity contribution is 5.96. The second kappa shape index (κ2) is 8.49. The van der Waals surface area contributed by atoms with Crippen LogP contribution in [0.25, 0.3) is 0 Å². The first-order valence-corrected chi connectivity index (χ1v) is 11.2. The van der Waals surface area contributed by atoms with E-state index in [0.717, 1.165) is 0 Å². The molecule has 0 aliphatic carbocycles. The molecule has 1 atom stereocenters. The lowest BCUT2D eigenvalue weighted by Crippen LogP contribution is -2.55. The van der Waals surface area contributed by atoms with E-state index in [-0.39, 0.29) is 28.7 Å². The highest BCUT2D eigenvalue weighted by Crippen LogP contribution is 2.25. The zero-order valence-electron chi connectivity index (χ0n) is 20.0. The van der Waals surface area contributed by atoms with Gasteiger partial charge in [-0.15, -0.1) is 0 Å². The number of piperazine rings is 1. The van der Waals surface area contributed by atoms with E-state index in [2.05, 4.69) is 41.5 Å². The van der Waals surface area contributed by atoms with Gasteiger partial charge in [-0.2, -0.15) is 0 Å². The Labute approximate surface area is 187 Å². The molecule has 1 aliphatic heterocycles. The summed E-state index contributed by atoms with van der Waals surface area (Å²) in [5.41, 5.74) is 3.96. The predicted molar refractivity (Wildman–Crippen MR) is 127 cm³/mol. The van der Waals surface area contributed by atoms with Crippen molar-refractivity contribution in [2.75, 3.05) is 19.6 Å². The van der Waals surface area contributed by atoms with Gasteiger partial charge in [0.1, 0.15) is 0 Å². The maximum atomic E-state index is 13.1. The Morgan fingerprint density at radius 1 is 0.710 bits per heavy atom. The number of rotatable bonds is 2. The van der Waals surface area contributed by atoms with Gasteiger partial charge >= 0.3 is 0 Å². The van der Waals surface area contributed by atoms with Crippen molar-refractivity contribution in [2.45, 2.75) is 65.3 Å². The van der Waals surface area contributed by atoms with E-state index in [1.54, 1.807) is 0 Å². The fourth-order valence-electron chi connectivity index (χ4n) is 4.02. The van der Waals surface area contributed by atoms with Gasteiger partial charge in [0.2, 0.25) is 0 Å². The minimum Gasteiger partial charge on any atom is -0.335 e. The Morgan fingerprint density at radius 3 is 1.52 bits per heavy atom. The van der Waals surface area contributed by atoms with Crippen molar-refractivity contribution in [3.63, 3.8) is 0 Å². The van der Waals surface area contributed by atoms with E-state index < -0.39 is 0 Å². The van der Waals surface area contributed by atoms with Crippen molar-refractivity contribution in [3.05, 3.63) is 70.8 Å². The minimum absolute atomic E-state index is 0.0265. The number of nitrogens with zero attached hydrogens (tertiary/aromatic N) is 2. The lowest BCUT2D eigenvalue weighted by Gasteiger charge is -2.40. The number of carbonyl (C=O) groups excluding carboxylic acids is 2. The number of hydrogen-bond donors (Lipinski definition) is 0. The van der Waals surface area contributed by atoms with Crippen LogP contribution < -0.4 is 0 Å². The molecule has 4 heteroatoms. The second-order valence-electron chi connectivity index (χ2n) is 10.8. The lowest BCUT2D eigenvalue weighted by molar-refractivity contribution is 0.0414. The van der Waals surface area contributed by atoms with Crippen LogP contribution in [-0.2, 0) is 10.8 Å². The molecule has 1 heterocycles. The lowest BCUT2D eigenvalue weighted by atomic mass is 9.86. The van der Waals surface area contributed by atoms with Crippen LogP contribution >= 0.6 is 0 Å². The summed E-state index contributed by atoms with van der Waals surface area (Å²) in [7, 11) is 0. The summed E-state index contributed by atoms with van der Waals surface area (Å²) in [5, 5.41) is 0. The maximum absolute atomic E-state index is 13.1. The number of benzene rings is 2. The quantitative estimate of drug-likeness (QED) is 0.664. The average Bonchev–Trinajstić information content (AvgIpc) is 2.71. The van der Waals surface area contributed by atoms with Gasteiger partial charge in [0.15, 0.2) is 0 Å². The summed E-state index contributed by atoms with van der Waals surface area (Å²) in [6.45, 7) is 16.7. The molecular weight excluding hydrogens is 384 g/mol. The number of hydrogen-bond acceptors (Lipinski definition) is 2. The first-order valence-electron chi connectivity index (χ1n) is 11.2. The molecular formula is C27H36N2O2. The first-order chi connectivity index (χ1) is 14.4. The van der Waals surface area contributed by atoms with E-state index in [0.29, 0.717) is 30.8 Å². The molecule has 0 saturated carbocycles. The van der Waals surface area contributed by atoms with Gasteiger partial charge in [-0.25, -0.2) is 0 Å². The minimum atomic E-state index is -0.0265. The molecule has 0 bridgehead atoms. The monoisotopic (exact) mass is 420 g/mol. The Bertz CT molecular complexity index is 931. The van der Waals surface area contributed by atoms with E-state index in [9.17, 15) is 9.59 Å². The van der Waals surface area contributed by atoms with E-state index in [4.69, 9.17) is 0 Å². The number of amides is 2. The normalized spacial score (nSPS) is 17.6. The summed E-state index contributed by atoms with van der Waals surface area (Å²) < 4.78 is 0. The van der Waals surface area contributed by atoms with Crippen molar-refractivity contribution < 1.29 is 9.59 Å². The van der Waals surface area contributed by atoms with Crippen molar-refractivity contribution in [3.8, 4) is 0 Å². The molecule has 166 valence electrons. The van der Waals surface area contributed by atoms with Gasteiger partial charge < -0.3 is 9.80 Å². The summed E-state index contributed by atoms with van der Waals surface area (Å²) in [4.78, 5) is 29.8. The second-order valence-corrected chi connectivity index (χ2v) is 10.8. The summed E-state index contributed by atoms with van der Waals surface area (Å²) >= 11 is 0. The van der Waals surface area contributed by atoms with Gasteiger partial charge in [-0.3, -0.25) is 9.59 Å². The van der Waals surface area contributed by atoms with Crippen molar-refractivity contribution in [1.29, 1.82) is 0 Å². The van der Waals surface area contributed by atoms with Crippen molar-refractivity contribution >= 4 is 11.8 Å². The van der Waals surface area contributed by atoms with Crippen molar-refractivity contribution in [1.82, 2.24) is 9.80 Å². The molecule has 0 N–H and O–H groups in total. The smallest absolute Gasteiger partial charge is 0.254 e. The molecule has 4 nitrogen and oxygen atoms in total. The Balaban J connectivity index is 1.66. The summed E-state index contributed by atoms with van der Waals surface area (Å²) in [6, 6.07) is 15.8. The van der Waals surface area contributed by atoms with Crippen LogP contribution in [0, 0.1) is 0 Å². The topological polar surface area (TPSA) is 40.6 Å². The molecule has 2 aromatic carbocycles. The molecule has 1 aliphatic rings. The van der Waals surface area contributed by atoms with Gasteiger partial charge in [0.05, 0.1) is 0 Å². The molecule has 1 fully saturated rings. The third-order valence-corrected chi connectivity index (χ3v) is 6.17. The third-order valence-electron chi connectivity index (χ3n) is 6.17. The molecule has 2 amide bonds. The van der Waals surface area contributed by atoms with Gasteiger partial charge in [-0.05, 0) is 53.1 Å². The van der Waals surface area contributed by atoms with Crippen LogP contribution in [0.4, 0.5) is 0 Å². The van der Waals surface area contributed by atoms with E-state index in [1.807, 2.05) is 65.3 Å². The standard InChI is InChI=1S/C27H36N2O2/c1-19-18-28(24(30)20-8-12-22(13-9-20)26(2,3)4)16-17-29(19)25(31)21-10-14-23(15-11-21)27(5,6)7/h8-15,19H,16-18H2,1-7H3/t19-/m0/s1. The van der Waals surface area contributed by atoms with E-state index >= 15 is 0 Å². The average molecular weight is 421 g/mol. The zero-order valence-corrected chi connectivity index (χ0v) is 20.0. The predicted octanol–water partition coefficient (Wildman–Crippen LogP) is 5.27. The van der Waals surface area contributed by atoms with Crippen LogP contribution in [0.1, 0.15) is 80.3 Å². The molecule has 3 rings (SSSR count). The Kier molecular flexibility index (Phi) is 6.31. The molecule has 2 aromatic rings. The molecule has 0 radical (unpaired) electrons. The van der Waals surface area contributed by atoms with Crippen LogP contribution in [0.5, 0.6) is 0 Å². The van der Waals surface area contributed by atoms with Gasteiger partial charge in [-0.1, -0.05) is 65.8 Å². The molecule has 0 aromatic heterocycles. The highest BCUT2D eigenvalue weighted by atomic mass is 16.2. The Morgan fingerprint density at radius 2 is 1.13 bits per heavy atom. The summed E-state index contributed by atoms with van der Waals surface area (Å²) in [6.07, 6.45) is 0. The van der Waals surface area contributed by atoms with Gasteiger partial charge in [0.25, 0.3) is 11.8 Å². The van der Waals surface area contributed by atoms with Gasteiger partial charge in [0, 0.05) is 36.8 Å². The Hall–Kier alpha value is -2.62. The van der Waals surface area contributed by atoms with E-state index in [1.165, 1.54) is 11.1 Å². The molecule has 1 saturated heterocycles. The van der Waals surface area contributed by atoms with Crippen LogP contribution in [0.2, 0.25) is 0 Å². The largest absolute Gasteiger partial charge is 0.335 e. The van der Waals surface area contributed by atoms with Crippen LogP contribution in [-0.4, -0.2) is 47.3 Å². The molecule has 0 spiro atoms. The zero-order chi connectivity index (χ0) is 23.0. The third kappa shape index (κ3) is 5.17. The SMILES string of the molecule is C[C@H]1CN(C(=O)c2ccc(C(C)(C)C)cc2)CCN1C(=O)c1ccc(C(C)(C)C)cc1. The fourth-order valence-corrected chi connectivity index (χ4v) is 4.02.